The van der Waals surface area contributed by atoms with Crippen molar-refractivity contribution in [2.24, 2.45) is 0 Å². The van der Waals surface area contributed by atoms with Gasteiger partial charge in [0.1, 0.15) is 0 Å². The van der Waals surface area contributed by atoms with Crippen LogP contribution in [-0.4, -0.2) is 14.8 Å². The summed E-state index contributed by atoms with van der Waals surface area (Å²) in [6, 6.07) is 11.6. The molecule has 0 fully saturated rings. The fraction of sp³-hybridized carbons (Fsp3) is 0.300. The molecule has 0 unspecified atom stereocenters. The summed E-state index contributed by atoms with van der Waals surface area (Å²) in [5.74, 6) is -1.11. The first-order chi connectivity index (χ1) is 12.7. The van der Waals surface area contributed by atoms with E-state index in [9.17, 15) is 8.78 Å². The van der Waals surface area contributed by atoms with Crippen LogP contribution in [-0.2, 0) is 5.60 Å². The van der Waals surface area contributed by atoms with E-state index >= 15 is 0 Å². The van der Waals surface area contributed by atoms with Crippen LogP contribution in [0.4, 0.5) is 8.78 Å². The second-order valence-corrected chi connectivity index (χ2v) is 7.42. The standard InChI is InChI=1S/C20H20ClF2N3O/c1-12(2)26-18(13-8-6-5-7-9-13)24-25-19(26)20(3,4)27-17-15(22)10-14(21)11-16(17)23/h5-12H,1-4H3. The van der Waals surface area contributed by atoms with Gasteiger partial charge in [-0.25, -0.2) is 8.78 Å². The minimum atomic E-state index is -1.14. The monoisotopic (exact) mass is 391 g/mol. The molecule has 0 bridgehead atoms. The molecule has 1 aromatic heterocycles. The maximum atomic E-state index is 14.2. The Hall–Kier alpha value is -2.47. The van der Waals surface area contributed by atoms with Crippen molar-refractivity contribution < 1.29 is 13.5 Å². The largest absolute Gasteiger partial charge is 0.474 e. The highest BCUT2D eigenvalue weighted by Gasteiger charge is 2.34. The lowest BCUT2D eigenvalue weighted by Gasteiger charge is -2.28. The molecule has 0 saturated heterocycles. The van der Waals surface area contributed by atoms with Gasteiger partial charge in [0.05, 0.1) is 0 Å². The van der Waals surface area contributed by atoms with Gasteiger partial charge in [-0.05, 0) is 39.8 Å². The highest BCUT2D eigenvalue weighted by atomic mass is 35.5. The van der Waals surface area contributed by atoms with Crippen LogP contribution in [0.2, 0.25) is 5.02 Å². The molecule has 1 heterocycles. The second-order valence-electron chi connectivity index (χ2n) is 6.99. The first-order valence-electron chi connectivity index (χ1n) is 8.55. The molecule has 0 aliphatic rings. The van der Waals surface area contributed by atoms with Crippen molar-refractivity contribution in [1.82, 2.24) is 14.8 Å². The Morgan fingerprint density at radius 1 is 1.04 bits per heavy atom. The van der Waals surface area contributed by atoms with Gasteiger partial charge >= 0.3 is 0 Å². The quantitative estimate of drug-likeness (QED) is 0.554. The van der Waals surface area contributed by atoms with Gasteiger partial charge in [-0.3, -0.25) is 0 Å². The number of nitrogens with zero attached hydrogens (tertiary/aromatic N) is 3. The van der Waals surface area contributed by atoms with Gasteiger partial charge in [0.15, 0.2) is 34.6 Å². The summed E-state index contributed by atoms with van der Waals surface area (Å²) in [7, 11) is 0. The van der Waals surface area contributed by atoms with E-state index < -0.39 is 23.0 Å². The highest BCUT2D eigenvalue weighted by molar-refractivity contribution is 6.30. The number of aromatic nitrogens is 3. The highest BCUT2D eigenvalue weighted by Crippen LogP contribution is 2.35. The normalized spacial score (nSPS) is 11.9. The predicted molar refractivity (Wildman–Crippen MR) is 101 cm³/mol. The zero-order chi connectivity index (χ0) is 19.8. The third-order valence-corrected chi connectivity index (χ3v) is 4.32. The first-order valence-corrected chi connectivity index (χ1v) is 8.93. The third kappa shape index (κ3) is 3.81. The minimum Gasteiger partial charge on any atom is -0.474 e. The van der Waals surface area contributed by atoms with Crippen LogP contribution in [0.1, 0.15) is 39.6 Å². The van der Waals surface area contributed by atoms with Crippen molar-refractivity contribution in [3.63, 3.8) is 0 Å². The van der Waals surface area contributed by atoms with E-state index in [4.69, 9.17) is 16.3 Å². The van der Waals surface area contributed by atoms with Gasteiger partial charge in [0.25, 0.3) is 0 Å². The van der Waals surface area contributed by atoms with Gasteiger partial charge in [-0.1, -0.05) is 41.9 Å². The molecule has 0 atom stereocenters. The van der Waals surface area contributed by atoms with Crippen LogP contribution in [0.15, 0.2) is 42.5 Å². The number of halogens is 3. The molecule has 3 rings (SSSR count). The molecule has 0 radical (unpaired) electrons. The van der Waals surface area contributed by atoms with E-state index in [1.54, 1.807) is 13.8 Å². The van der Waals surface area contributed by atoms with Gasteiger partial charge in [-0.2, -0.15) is 0 Å². The minimum absolute atomic E-state index is 0.00740. The Morgan fingerprint density at radius 3 is 2.19 bits per heavy atom. The number of benzene rings is 2. The lowest BCUT2D eigenvalue weighted by molar-refractivity contribution is 0.0814. The molecule has 4 nitrogen and oxygen atoms in total. The maximum Gasteiger partial charge on any atom is 0.192 e. The summed E-state index contributed by atoms with van der Waals surface area (Å²) < 4.78 is 36.0. The Labute approximate surface area is 161 Å². The third-order valence-electron chi connectivity index (χ3n) is 4.10. The van der Waals surface area contributed by atoms with Gasteiger partial charge < -0.3 is 9.30 Å². The predicted octanol–water partition coefficient (Wildman–Crippen LogP) is 5.77. The van der Waals surface area contributed by atoms with E-state index in [1.807, 2.05) is 48.7 Å². The fourth-order valence-electron chi connectivity index (χ4n) is 2.90. The molecular weight excluding hydrogens is 372 g/mol. The summed E-state index contributed by atoms with van der Waals surface area (Å²) in [6.07, 6.45) is 0. The molecule has 0 aliphatic carbocycles. The molecule has 142 valence electrons. The topological polar surface area (TPSA) is 39.9 Å². The molecule has 3 aromatic rings. The molecule has 2 aromatic carbocycles. The van der Waals surface area contributed by atoms with Gasteiger partial charge in [-0.15, -0.1) is 10.2 Å². The Kier molecular flexibility index (Phi) is 5.20. The van der Waals surface area contributed by atoms with Crippen molar-refractivity contribution in [2.75, 3.05) is 0 Å². The Balaban J connectivity index is 2.06. The van der Waals surface area contributed by atoms with Gasteiger partial charge in [0, 0.05) is 16.6 Å². The fourth-order valence-corrected chi connectivity index (χ4v) is 3.09. The van der Waals surface area contributed by atoms with E-state index in [0.29, 0.717) is 11.6 Å². The van der Waals surface area contributed by atoms with Crippen LogP contribution in [0.3, 0.4) is 0 Å². The smallest absolute Gasteiger partial charge is 0.192 e. The molecule has 27 heavy (non-hydrogen) atoms. The first kappa shape index (κ1) is 19.3. The van der Waals surface area contributed by atoms with Crippen LogP contribution < -0.4 is 4.74 Å². The molecular formula is C20H20ClF2N3O. The van der Waals surface area contributed by atoms with Crippen molar-refractivity contribution in [2.45, 2.75) is 39.3 Å². The molecule has 0 saturated carbocycles. The van der Waals surface area contributed by atoms with E-state index in [-0.39, 0.29) is 11.1 Å². The lowest BCUT2D eigenvalue weighted by Crippen LogP contribution is -2.31. The number of hydrogen-bond acceptors (Lipinski definition) is 3. The lowest BCUT2D eigenvalue weighted by atomic mass is 10.1. The summed E-state index contributed by atoms with van der Waals surface area (Å²) in [5, 5.41) is 8.54. The second kappa shape index (κ2) is 7.27. The molecule has 7 heteroatoms. The average Bonchev–Trinajstić information content (AvgIpc) is 3.05. The number of ether oxygens (including phenoxy) is 1. The Bertz CT molecular complexity index is 932. The van der Waals surface area contributed by atoms with E-state index in [1.165, 1.54) is 0 Å². The van der Waals surface area contributed by atoms with Crippen molar-refractivity contribution in [3.8, 4) is 17.1 Å². The maximum absolute atomic E-state index is 14.2. The van der Waals surface area contributed by atoms with Crippen molar-refractivity contribution >= 4 is 11.6 Å². The number of hydrogen-bond donors (Lipinski definition) is 0. The summed E-state index contributed by atoms with van der Waals surface area (Å²) in [5.41, 5.74) is -0.246. The van der Waals surface area contributed by atoms with E-state index in [0.717, 1.165) is 17.7 Å². The summed E-state index contributed by atoms with van der Waals surface area (Å²) >= 11 is 5.69. The average molecular weight is 392 g/mol. The van der Waals surface area contributed by atoms with E-state index in [2.05, 4.69) is 10.2 Å². The number of rotatable bonds is 5. The van der Waals surface area contributed by atoms with Crippen LogP contribution in [0.25, 0.3) is 11.4 Å². The van der Waals surface area contributed by atoms with Gasteiger partial charge in [0.2, 0.25) is 0 Å². The zero-order valence-corrected chi connectivity index (χ0v) is 16.3. The van der Waals surface area contributed by atoms with Crippen LogP contribution >= 0.6 is 11.6 Å². The molecule has 0 aliphatic heterocycles. The summed E-state index contributed by atoms with van der Waals surface area (Å²) in [6.45, 7) is 7.36. The van der Waals surface area contributed by atoms with Crippen LogP contribution in [0, 0.1) is 11.6 Å². The molecule has 0 N–H and O–H groups in total. The summed E-state index contributed by atoms with van der Waals surface area (Å²) in [4.78, 5) is 0. The molecule has 0 amide bonds. The zero-order valence-electron chi connectivity index (χ0n) is 15.5. The van der Waals surface area contributed by atoms with Crippen molar-refractivity contribution in [3.05, 3.63) is 64.9 Å². The molecule has 0 spiro atoms. The Morgan fingerprint density at radius 2 is 1.63 bits per heavy atom. The van der Waals surface area contributed by atoms with Crippen molar-refractivity contribution in [1.29, 1.82) is 0 Å². The van der Waals surface area contributed by atoms with Crippen LogP contribution in [0.5, 0.6) is 5.75 Å². The SMILES string of the molecule is CC(C)n1c(-c2ccccc2)nnc1C(C)(C)Oc1c(F)cc(Cl)cc1F.